The lowest BCUT2D eigenvalue weighted by Crippen LogP contribution is -2.11. The van der Waals surface area contributed by atoms with Crippen molar-refractivity contribution >= 4 is 22.4 Å². The summed E-state index contributed by atoms with van der Waals surface area (Å²) in [6, 6.07) is 15.5. The fourth-order valence-corrected chi connectivity index (χ4v) is 3.48. The second-order valence-electron chi connectivity index (χ2n) is 6.16. The third-order valence-electron chi connectivity index (χ3n) is 4.05. The molecule has 1 amide bonds. The van der Waals surface area contributed by atoms with Crippen molar-refractivity contribution in [3.8, 4) is 0 Å². The highest BCUT2D eigenvalue weighted by molar-refractivity contribution is 7.15. The molecule has 1 N–H and O–H groups in total. The van der Waals surface area contributed by atoms with E-state index in [4.69, 9.17) is 0 Å². The van der Waals surface area contributed by atoms with Crippen LogP contribution in [0.2, 0.25) is 0 Å². The van der Waals surface area contributed by atoms with Crippen molar-refractivity contribution in [2.45, 2.75) is 13.0 Å². The van der Waals surface area contributed by atoms with Gasteiger partial charge in [-0.3, -0.25) is 14.8 Å². The molecule has 0 fully saturated rings. The van der Waals surface area contributed by atoms with Crippen LogP contribution in [-0.4, -0.2) is 25.9 Å². The van der Waals surface area contributed by atoms with Gasteiger partial charge >= 0.3 is 0 Å². The van der Waals surface area contributed by atoms with E-state index in [-0.39, 0.29) is 11.7 Å². The van der Waals surface area contributed by atoms with E-state index in [2.05, 4.69) is 20.6 Å². The van der Waals surface area contributed by atoms with E-state index in [0.717, 1.165) is 11.1 Å². The molecule has 0 aliphatic rings. The van der Waals surface area contributed by atoms with Crippen molar-refractivity contribution in [1.82, 2.24) is 20.0 Å². The minimum Gasteiger partial charge on any atom is -0.296 e. The Morgan fingerprint density at radius 1 is 1.07 bits per heavy atom. The Morgan fingerprint density at radius 2 is 1.93 bits per heavy atom. The molecule has 2 aromatic heterocycles. The van der Waals surface area contributed by atoms with Crippen molar-refractivity contribution < 1.29 is 9.18 Å². The number of anilines is 1. The molecule has 6 nitrogen and oxygen atoms in total. The van der Waals surface area contributed by atoms with Crippen molar-refractivity contribution in [2.24, 2.45) is 0 Å². The van der Waals surface area contributed by atoms with E-state index in [9.17, 15) is 9.18 Å². The van der Waals surface area contributed by atoms with E-state index >= 15 is 0 Å². The number of carbonyl (C=O) groups excluding carboxylic acids is 1. The molecule has 0 radical (unpaired) electrons. The van der Waals surface area contributed by atoms with Crippen LogP contribution in [0.5, 0.6) is 0 Å². The number of aromatic nitrogens is 4. The fourth-order valence-electron chi connectivity index (χ4n) is 2.71. The number of carbonyl (C=O) groups is 1. The normalized spacial score (nSPS) is 10.8. The second-order valence-corrected chi connectivity index (χ2v) is 7.22. The number of halogens is 1. The Hall–Kier alpha value is -3.39. The van der Waals surface area contributed by atoms with Crippen LogP contribution in [-0.2, 0) is 13.0 Å². The molecule has 0 saturated heterocycles. The van der Waals surface area contributed by atoms with Gasteiger partial charge in [0.05, 0.1) is 6.54 Å². The molecule has 0 aliphatic carbocycles. The van der Waals surface area contributed by atoms with E-state index in [0.29, 0.717) is 28.7 Å². The highest BCUT2D eigenvalue weighted by Crippen LogP contribution is 2.20. The van der Waals surface area contributed by atoms with Crippen LogP contribution in [0.3, 0.4) is 0 Å². The van der Waals surface area contributed by atoms with Gasteiger partial charge in [0.1, 0.15) is 10.8 Å². The van der Waals surface area contributed by atoms with Gasteiger partial charge in [0.15, 0.2) is 0 Å². The molecule has 4 rings (SSSR count). The average Bonchev–Trinajstić information content (AvgIpc) is 3.34. The summed E-state index contributed by atoms with van der Waals surface area (Å²) in [6.07, 6.45) is 4.08. The summed E-state index contributed by atoms with van der Waals surface area (Å²) in [5.74, 6) is -0.536. The molecule has 0 aliphatic heterocycles. The molecule has 0 unspecified atom stereocenters. The van der Waals surface area contributed by atoms with Gasteiger partial charge in [0, 0.05) is 24.4 Å². The summed E-state index contributed by atoms with van der Waals surface area (Å²) in [5, 5.41) is 16.1. The minimum atomic E-state index is -0.286. The van der Waals surface area contributed by atoms with Crippen molar-refractivity contribution in [3.63, 3.8) is 0 Å². The smallest absolute Gasteiger partial charge is 0.257 e. The van der Waals surface area contributed by atoms with Gasteiger partial charge in [-0.05, 0) is 41.5 Å². The first-order valence-electron chi connectivity index (χ1n) is 8.60. The topological polar surface area (TPSA) is 72.7 Å². The minimum absolute atomic E-state index is 0.251. The van der Waals surface area contributed by atoms with Gasteiger partial charge in [0.2, 0.25) is 5.13 Å². The molecular weight excluding hydrogens is 377 g/mol. The van der Waals surface area contributed by atoms with E-state index in [1.807, 2.05) is 35.1 Å². The third-order valence-corrected chi connectivity index (χ3v) is 4.89. The van der Waals surface area contributed by atoms with Gasteiger partial charge in [-0.1, -0.05) is 35.6 Å². The molecule has 0 atom stereocenters. The molecule has 0 saturated carbocycles. The quantitative estimate of drug-likeness (QED) is 0.541. The summed E-state index contributed by atoms with van der Waals surface area (Å²) in [7, 11) is 0. The maximum atomic E-state index is 13.3. The first-order valence-corrected chi connectivity index (χ1v) is 9.42. The van der Waals surface area contributed by atoms with Gasteiger partial charge in [-0.2, -0.15) is 5.10 Å². The maximum absolute atomic E-state index is 13.3. The van der Waals surface area contributed by atoms with Crippen molar-refractivity contribution in [3.05, 3.63) is 94.5 Å². The lowest BCUT2D eigenvalue weighted by molar-refractivity contribution is 0.102. The molecule has 2 aromatic carbocycles. The highest BCUT2D eigenvalue weighted by atomic mass is 32.1. The zero-order chi connectivity index (χ0) is 19.3. The standard InChI is InChI=1S/C20H16FN5OS/c21-17-4-1-3-15(11-17)12-18-24-25-20(28-18)23-19(27)16-7-5-14(6-8-16)13-26-10-2-9-22-26/h1-11H,12-13H2,(H,23,25,27). The highest BCUT2D eigenvalue weighted by Gasteiger charge is 2.11. The molecule has 140 valence electrons. The Kier molecular flexibility index (Phi) is 5.20. The van der Waals surface area contributed by atoms with Crippen LogP contribution in [0.25, 0.3) is 0 Å². The van der Waals surface area contributed by atoms with Crippen molar-refractivity contribution in [2.75, 3.05) is 5.32 Å². The van der Waals surface area contributed by atoms with Gasteiger partial charge in [-0.15, -0.1) is 10.2 Å². The number of nitrogens with zero attached hydrogens (tertiary/aromatic N) is 4. The van der Waals surface area contributed by atoms with Crippen LogP contribution in [0.15, 0.2) is 67.0 Å². The fraction of sp³-hybridized carbons (Fsp3) is 0.100. The number of benzene rings is 2. The number of amides is 1. The summed E-state index contributed by atoms with van der Waals surface area (Å²) >= 11 is 1.27. The number of nitrogens with one attached hydrogen (secondary N) is 1. The zero-order valence-electron chi connectivity index (χ0n) is 14.7. The predicted molar refractivity (Wildman–Crippen MR) is 105 cm³/mol. The Labute approximate surface area is 164 Å². The summed E-state index contributed by atoms with van der Waals surface area (Å²) in [5.41, 5.74) is 2.39. The molecule has 2 heterocycles. The summed E-state index contributed by atoms with van der Waals surface area (Å²) < 4.78 is 15.1. The first-order chi connectivity index (χ1) is 13.7. The van der Waals surface area contributed by atoms with Crippen LogP contribution in [0, 0.1) is 5.82 Å². The Morgan fingerprint density at radius 3 is 2.68 bits per heavy atom. The SMILES string of the molecule is O=C(Nc1nnc(Cc2cccc(F)c2)s1)c1ccc(Cn2cccn2)cc1. The third kappa shape index (κ3) is 4.47. The zero-order valence-corrected chi connectivity index (χ0v) is 15.6. The van der Waals surface area contributed by atoms with E-state index in [1.165, 1.54) is 23.5 Å². The summed E-state index contributed by atoms with van der Waals surface area (Å²) in [6.45, 7) is 0.648. The molecule has 28 heavy (non-hydrogen) atoms. The first kappa shape index (κ1) is 18.0. The largest absolute Gasteiger partial charge is 0.296 e. The molecule has 4 aromatic rings. The molecule has 0 spiro atoms. The Balaban J connectivity index is 1.37. The monoisotopic (exact) mass is 393 g/mol. The number of hydrogen-bond donors (Lipinski definition) is 1. The van der Waals surface area contributed by atoms with Crippen LogP contribution < -0.4 is 5.32 Å². The van der Waals surface area contributed by atoms with Gasteiger partial charge in [0.25, 0.3) is 5.91 Å². The maximum Gasteiger partial charge on any atom is 0.257 e. The average molecular weight is 393 g/mol. The predicted octanol–water partition coefficient (Wildman–Crippen LogP) is 3.77. The lowest BCUT2D eigenvalue weighted by Gasteiger charge is -2.04. The van der Waals surface area contributed by atoms with Crippen LogP contribution in [0.1, 0.15) is 26.5 Å². The molecule has 8 heteroatoms. The van der Waals surface area contributed by atoms with Gasteiger partial charge < -0.3 is 0 Å². The Bertz CT molecular complexity index is 1080. The van der Waals surface area contributed by atoms with Crippen molar-refractivity contribution in [1.29, 1.82) is 0 Å². The number of rotatable bonds is 6. The van der Waals surface area contributed by atoms with E-state index < -0.39 is 0 Å². The molecule has 0 bridgehead atoms. The van der Waals surface area contributed by atoms with Crippen LogP contribution in [0.4, 0.5) is 9.52 Å². The number of hydrogen-bond acceptors (Lipinski definition) is 5. The lowest BCUT2D eigenvalue weighted by atomic mass is 10.1. The van der Waals surface area contributed by atoms with E-state index in [1.54, 1.807) is 24.4 Å². The van der Waals surface area contributed by atoms with Gasteiger partial charge in [-0.25, -0.2) is 4.39 Å². The second kappa shape index (κ2) is 8.10. The summed E-state index contributed by atoms with van der Waals surface area (Å²) in [4.78, 5) is 12.4. The van der Waals surface area contributed by atoms with Crippen LogP contribution >= 0.6 is 11.3 Å². The molecular formula is C20H16FN5OS.